The van der Waals surface area contributed by atoms with Gasteiger partial charge in [0.1, 0.15) is 0 Å². The van der Waals surface area contributed by atoms with Crippen LogP contribution in [0.1, 0.15) is 24.4 Å². The minimum absolute atomic E-state index is 0.0238. The minimum Gasteiger partial charge on any atom is -0.333 e. The SMILES string of the molecule is CN(C(=O)CN1CCCC1=O)[C@@H](c1ccc(Br)cc1)C(F)(F)F. The molecule has 8 heteroatoms. The Hall–Kier alpha value is -1.57. The molecule has 0 bridgehead atoms. The molecule has 126 valence electrons. The van der Waals surface area contributed by atoms with Gasteiger partial charge in [0.25, 0.3) is 0 Å². The first-order valence-corrected chi connectivity index (χ1v) is 7.85. The molecule has 1 aliphatic heterocycles. The van der Waals surface area contributed by atoms with Gasteiger partial charge in [-0.15, -0.1) is 0 Å². The van der Waals surface area contributed by atoms with Crippen LogP contribution >= 0.6 is 15.9 Å². The Morgan fingerprint density at radius 1 is 1.35 bits per heavy atom. The molecule has 0 aliphatic carbocycles. The highest BCUT2D eigenvalue weighted by atomic mass is 79.9. The van der Waals surface area contributed by atoms with E-state index in [2.05, 4.69) is 15.9 Å². The molecular weight excluding hydrogens is 377 g/mol. The quantitative estimate of drug-likeness (QED) is 0.789. The molecule has 4 nitrogen and oxygen atoms in total. The molecule has 0 spiro atoms. The van der Waals surface area contributed by atoms with E-state index in [0.29, 0.717) is 28.8 Å². The molecule has 0 saturated carbocycles. The molecule has 0 radical (unpaired) electrons. The summed E-state index contributed by atoms with van der Waals surface area (Å²) in [6.45, 7) is 0.0891. The Labute approximate surface area is 140 Å². The number of nitrogens with zero attached hydrogens (tertiary/aromatic N) is 2. The first-order chi connectivity index (χ1) is 10.7. The van der Waals surface area contributed by atoms with E-state index in [1.54, 1.807) is 0 Å². The maximum absolute atomic E-state index is 13.4. The lowest BCUT2D eigenvalue weighted by atomic mass is 10.1. The van der Waals surface area contributed by atoms with Gasteiger partial charge >= 0.3 is 6.18 Å². The third kappa shape index (κ3) is 4.25. The number of carbonyl (C=O) groups excluding carboxylic acids is 2. The highest BCUT2D eigenvalue weighted by Gasteiger charge is 2.45. The van der Waals surface area contributed by atoms with E-state index >= 15 is 0 Å². The smallest absolute Gasteiger partial charge is 0.333 e. The van der Waals surface area contributed by atoms with Crippen LogP contribution in [0.15, 0.2) is 28.7 Å². The fourth-order valence-electron chi connectivity index (χ4n) is 2.57. The summed E-state index contributed by atoms with van der Waals surface area (Å²) >= 11 is 3.17. The van der Waals surface area contributed by atoms with Crippen LogP contribution in [0.25, 0.3) is 0 Å². The molecule has 2 rings (SSSR count). The van der Waals surface area contributed by atoms with E-state index in [1.807, 2.05) is 0 Å². The van der Waals surface area contributed by atoms with Crippen LogP contribution in [0, 0.1) is 0 Å². The molecule has 23 heavy (non-hydrogen) atoms. The summed E-state index contributed by atoms with van der Waals surface area (Å²) in [7, 11) is 1.11. The van der Waals surface area contributed by atoms with E-state index in [1.165, 1.54) is 29.2 Å². The standard InChI is InChI=1S/C15H16BrF3N2O2/c1-20(13(23)9-21-8-2-3-12(21)22)14(15(17,18)19)10-4-6-11(16)7-5-10/h4-7,14H,2-3,8-9H2,1H3/t14-/m0/s1. The zero-order chi connectivity index (χ0) is 17.2. The van der Waals surface area contributed by atoms with Crippen LogP contribution in [0.2, 0.25) is 0 Å². The third-order valence-corrected chi connectivity index (χ3v) is 4.30. The third-order valence-electron chi connectivity index (χ3n) is 3.77. The van der Waals surface area contributed by atoms with Crippen molar-refractivity contribution in [3.05, 3.63) is 34.3 Å². The highest BCUT2D eigenvalue weighted by molar-refractivity contribution is 9.10. The van der Waals surface area contributed by atoms with Crippen LogP contribution < -0.4 is 0 Å². The van der Waals surface area contributed by atoms with Crippen molar-refractivity contribution in [3.63, 3.8) is 0 Å². The largest absolute Gasteiger partial charge is 0.413 e. The van der Waals surface area contributed by atoms with Gasteiger partial charge in [0.15, 0.2) is 6.04 Å². The second-order valence-electron chi connectivity index (χ2n) is 5.42. The molecule has 0 aromatic heterocycles. The zero-order valence-corrected chi connectivity index (χ0v) is 14.0. The van der Waals surface area contributed by atoms with E-state index in [-0.39, 0.29) is 18.0 Å². The Balaban J connectivity index is 2.19. The minimum atomic E-state index is -4.60. The first-order valence-electron chi connectivity index (χ1n) is 7.06. The van der Waals surface area contributed by atoms with Crippen LogP contribution in [0.4, 0.5) is 13.2 Å². The second-order valence-corrected chi connectivity index (χ2v) is 6.33. The second kappa shape index (κ2) is 6.90. The van der Waals surface area contributed by atoms with E-state index < -0.39 is 18.1 Å². The number of halogens is 4. The Morgan fingerprint density at radius 3 is 2.43 bits per heavy atom. The number of carbonyl (C=O) groups is 2. The van der Waals surface area contributed by atoms with Gasteiger partial charge in [-0.05, 0) is 24.1 Å². The molecule has 2 amide bonds. The van der Waals surface area contributed by atoms with Crippen molar-refractivity contribution in [1.82, 2.24) is 9.80 Å². The maximum Gasteiger partial charge on any atom is 0.413 e. The normalized spacial score (nSPS) is 16.6. The van der Waals surface area contributed by atoms with E-state index in [9.17, 15) is 22.8 Å². The molecule has 0 N–H and O–H groups in total. The van der Waals surface area contributed by atoms with Crippen molar-refractivity contribution >= 4 is 27.7 Å². The number of amides is 2. The average molecular weight is 393 g/mol. The number of likely N-dealkylation sites (tertiary alicyclic amines) is 1. The van der Waals surface area contributed by atoms with Gasteiger partial charge in [-0.3, -0.25) is 9.59 Å². The molecule has 1 heterocycles. The monoisotopic (exact) mass is 392 g/mol. The summed E-state index contributed by atoms with van der Waals surface area (Å²) in [6.07, 6.45) is -3.63. The van der Waals surface area contributed by atoms with Crippen LogP contribution in [-0.2, 0) is 9.59 Å². The maximum atomic E-state index is 13.4. The summed E-state index contributed by atoms with van der Waals surface area (Å²) in [4.78, 5) is 25.7. The molecule has 1 atom stereocenters. The summed E-state index contributed by atoms with van der Waals surface area (Å²) in [5, 5.41) is 0. The Bertz CT molecular complexity index is 589. The topological polar surface area (TPSA) is 40.6 Å². The zero-order valence-electron chi connectivity index (χ0n) is 12.4. The lowest BCUT2D eigenvalue weighted by Crippen LogP contribution is -2.44. The molecule has 1 aromatic rings. The van der Waals surface area contributed by atoms with Gasteiger partial charge in [0.2, 0.25) is 11.8 Å². The van der Waals surface area contributed by atoms with Gasteiger partial charge < -0.3 is 9.80 Å². The summed E-state index contributed by atoms with van der Waals surface area (Å²) in [6, 6.07) is 3.60. The first kappa shape index (κ1) is 17.8. The van der Waals surface area contributed by atoms with Gasteiger partial charge in [0.05, 0.1) is 6.54 Å². The predicted molar refractivity (Wildman–Crippen MR) is 81.5 cm³/mol. The molecule has 1 saturated heterocycles. The van der Waals surface area contributed by atoms with Crippen molar-refractivity contribution < 1.29 is 22.8 Å². The highest BCUT2D eigenvalue weighted by Crippen LogP contribution is 2.37. The number of likely N-dealkylation sites (N-methyl/N-ethyl adjacent to an activating group) is 1. The number of benzene rings is 1. The Kier molecular flexibility index (Phi) is 5.33. The van der Waals surface area contributed by atoms with Crippen LogP contribution in [0.5, 0.6) is 0 Å². The number of alkyl halides is 3. The van der Waals surface area contributed by atoms with Crippen LogP contribution in [-0.4, -0.2) is 47.9 Å². The predicted octanol–water partition coefficient (Wildman–Crippen LogP) is 3.13. The van der Waals surface area contributed by atoms with Crippen molar-refractivity contribution in [1.29, 1.82) is 0 Å². The molecule has 0 unspecified atom stereocenters. The van der Waals surface area contributed by atoms with Gasteiger partial charge in [-0.2, -0.15) is 13.2 Å². The van der Waals surface area contributed by atoms with Crippen molar-refractivity contribution in [2.45, 2.75) is 25.1 Å². The lowest BCUT2D eigenvalue weighted by molar-refractivity contribution is -0.189. The number of hydrogen-bond acceptors (Lipinski definition) is 2. The molecular formula is C15H16BrF3N2O2. The van der Waals surface area contributed by atoms with Crippen molar-refractivity contribution in [3.8, 4) is 0 Å². The van der Waals surface area contributed by atoms with Gasteiger partial charge in [-0.1, -0.05) is 28.1 Å². The lowest BCUT2D eigenvalue weighted by Gasteiger charge is -2.31. The number of rotatable bonds is 4. The Morgan fingerprint density at radius 2 is 1.96 bits per heavy atom. The summed E-state index contributed by atoms with van der Waals surface area (Å²) in [5.41, 5.74) is -0.0238. The van der Waals surface area contributed by atoms with Gasteiger partial charge in [-0.25, -0.2) is 0 Å². The number of hydrogen-bond donors (Lipinski definition) is 0. The average Bonchev–Trinajstić information content (AvgIpc) is 2.85. The van der Waals surface area contributed by atoms with Crippen molar-refractivity contribution in [2.24, 2.45) is 0 Å². The van der Waals surface area contributed by atoms with Crippen LogP contribution in [0.3, 0.4) is 0 Å². The van der Waals surface area contributed by atoms with E-state index in [4.69, 9.17) is 0 Å². The fourth-order valence-corrected chi connectivity index (χ4v) is 2.83. The summed E-state index contributed by atoms with van der Waals surface area (Å²) < 4.78 is 40.9. The summed E-state index contributed by atoms with van der Waals surface area (Å²) in [5.74, 6) is -0.926. The molecule has 1 fully saturated rings. The fraction of sp³-hybridized carbons (Fsp3) is 0.467. The molecule has 1 aromatic carbocycles. The van der Waals surface area contributed by atoms with E-state index in [0.717, 1.165) is 7.05 Å². The molecule has 1 aliphatic rings. The van der Waals surface area contributed by atoms with Gasteiger partial charge in [0, 0.05) is 24.5 Å². The van der Waals surface area contributed by atoms with Crippen molar-refractivity contribution in [2.75, 3.05) is 20.1 Å².